The van der Waals surface area contributed by atoms with Gasteiger partial charge in [0.1, 0.15) is 17.5 Å². The van der Waals surface area contributed by atoms with Gasteiger partial charge in [0.2, 0.25) is 0 Å². The van der Waals surface area contributed by atoms with Crippen LogP contribution in [-0.2, 0) is 9.53 Å². The average molecular weight is 337 g/mol. The van der Waals surface area contributed by atoms with Crippen LogP contribution in [0.4, 0.5) is 18.9 Å². The van der Waals surface area contributed by atoms with Gasteiger partial charge in [-0.05, 0) is 43.7 Å². The number of nitrogens with one attached hydrogen (secondary N) is 1. The van der Waals surface area contributed by atoms with Crippen molar-refractivity contribution in [1.82, 2.24) is 0 Å². The molecule has 2 aromatic rings. The first-order valence-electron chi connectivity index (χ1n) is 7.01. The highest BCUT2D eigenvalue weighted by Gasteiger charge is 2.20. The van der Waals surface area contributed by atoms with Gasteiger partial charge in [0.15, 0.2) is 6.10 Å². The van der Waals surface area contributed by atoms with Crippen molar-refractivity contribution in [3.8, 4) is 0 Å². The minimum Gasteiger partial charge on any atom is -0.449 e. The van der Waals surface area contributed by atoms with Crippen molar-refractivity contribution in [2.75, 3.05) is 5.32 Å². The molecule has 0 saturated heterocycles. The zero-order chi connectivity index (χ0) is 17.9. The molecule has 0 bridgehead atoms. The predicted octanol–water partition coefficient (Wildman–Crippen LogP) is 3.60. The van der Waals surface area contributed by atoms with Crippen LogP contribution in [0.25, 0.3) is 0 Å². The molecule has 0 spiro atoms. The number of rotatable bonds is 4. The normalized spacial score (nSPS) is 11.7. The number of halogens is 3. The monoisotopic (exact) mass is 337 g/mol. The molecule has 1 amide bonds. The van der Waals surface area contributed by atoms with Gasteiger partial charge in [-0.3, -0.25) is 4.79 Å². The Morgan fingerprint density at radius 1 is 1.04 bits per heavy atom. The molecule has 0 radical (unpaired) electrons. The maximum atomic E-state index is 13.5. The summed E-state index contributed by atoms with van der Waals surface area (Å²) in [6.07, 6.45) is -1.26. The van der Waals surface area contributed by atoms with Gasteiger partial charge in [0, 0.05) is 6.07 Å². The van der Waals surface area contributed by atoms with Gasteiger partial charge < -0.3 is 10.1 Å². The smallest absolute Gasteiger partial charge is 0.339 e. The highest BCUT2D eigenvalue weighted by Crippen LogP contribution is 2.16. The van der Waals surface area contributed by atoms with Gasteiger partial charge in [0.25, 0.3) is 5.91 Å². The number of amides is 1. The summed E-state index contributed by atoms with van der Waals surface area (Å²) in [4.78, 5) is 23.8. The highest BCUT2D eigenvalue weighted by molar-refractivity contribution is 5.97. The van der Waals surface area contributed by atoms with E-state index in [9.17, 15) is 22.8 Å². The summed E-state index contributed by atoms with van der Waals surface area (Å²) in [6.45, 7) is 2.82. The summed E-state index contributed by atoms with van der Waals surface area (Å²) < 4.78 is 44.6. The highest BCUT2D eigenvalue weighted by atomic mass is 19.1. The Bertz CT molecular complexity index is 793. The second kappa shape index (κ2) is 7.16. The predicted molar refractivity (Wildman–Crippen MR) is 81.0 cm³/mol. The van der Waals surface area contributed by atoms with Crippen molar-refractivity contribution in [2.45, 2.75) is 20.0 Å². The lowest BCUT2D eigenvalue weighted by Crippen LogP contribution is -2.30. The molecule has 7 heteroatoms. The number of ether oxygens (including phenoxy) is 1. The lowest BCUT2D eigenvalue weighted by Gasteiger charge is -2.14. The molecule has 0 fully saturated rings. The standard InChI is InChI=1S/C17H14F3NO3/c1-9-3-4-11(7-13(9)19)17(23)24-10(2)16(22)21-15-6-5-12(18)8-14(15)20/h3-8,10H,1-2H3,(H,21,22)/t10-/m1/s1. The minimum absolute atomic E-state index is 0.0503. The van der Waals surface area contributed by atoms with Crippen molar-refractivity contribution in [1.29, 1.82) is 0 Å². The number of hydrogen-bond acceptors (Lipinski definition) is 3. The van der Waals surface area contributed by atoms with Gasteiger partial charge in [-0.1, -0.05) is 6.07 Å². The molecule has 24 heavy (non-hydrogen) atoms. The van der Waals surface area contributed by atoms with Crippen molar-refractivity contribution >= 4 is 17.6 Å². The third kappa shape index (κ3) is 4.13. The minimum atomic E-state index is -1.26. The summed E-state index contributed by atoms with van der Waals surface area (Å²) >= 11 is 0. The summed E-state index contributed by atoms with van der Waals surface area (Å²) in [5, 5.41) is 2.18. The molecule has 1 N–H and O–H groups in total. The van der Waals surface area contributed by atoms with Crippen LogP contribution in [0.15, 0.2) is 36.4 Å². The van der Waals surface area contributed by atoms with Crippen molar-refractivity contribution in [2.24, 2.45) is 0 Å². The summed E-state index contributed by atoms with van der Waals surface area (Å²) in [5.41, 5.74) is 0.0699. The first kappa shape index (κ1) is 17.5. The fourth-order valence-electron chi connectivity index (χ4n) is 1.83. The van der Waals surface area contributed by atoms with Crippen LogP contribution in [0, 0.1) is 24.4 Å². The zero-order valence-corrected chi connectivity index (χ0v) is 12.9. The topological polar surface area (TPSA) is 55.4 Å². The lowest BCUT2D eigenvalue weighted by molar-refractivity contribution is -0.123. The van der Waals surface area contributed by atoms with Crippen molar-refractivity contribution < 1.29 is 27.5 Å². The van der Waals surface area contributed by atoms with E-state index in [0.29, 0.717) is 11.6 Å². The van der Waals surface area contributed by atoms with E-state index in [1.807, 2.05) is 0 Å². The Balaban J connectivity index is 2.02. The third-order valence-electron chi connectivity index (χ3n) is 3.25. The summed E-state index contributed by atoms with van der Waals surface area (Å²) in [5.74, 6) is -4.01. The lowest BCUT2D eigenvalue weighted by atomic mass is 10.1. The second-order valence-electron chi connectivity index (χ2n) is 5.12. The Morgan fingerprint density at radius 3 is 2.38 bits per heavy atom. The number of anilines is 1. The largest absolute Gasteiger partial charge is 0.449 e. The summed E-state index contributed by atoms with van der Waals surface area (Å²) in [6, 6.07) is 6.41. The molecular formula is C17H14F3NO3. The van der Waals surface area contributed by atoms with Gasteiger partial charge in [-0.25, -0.2) is 18.0 Å². The van der Waals surface area contributed by atoms with Crippen LogP contribution in [0.3, 0.4) is 0 Å². The number of aryl methyl sites for hydroxylation is 1. The fraction of sp³-hybridized carbons (Fsp3) is 0.176. The number of benzene rings is 2. The number of hydrogen-bond donors (Lipinski definition) is 1. The van der Waals surface area contributed by atoms with Crippen LogP contribution >= 0.6 is 0 Å². The molecule has 0 aliphatic heterocycles. The fourth-order valence-corrected chi connectivity index (χ4v) is 1.83. The summed E-state index contributed by atoms with van der Waals surface area (Å²) in [7, 11) is 0. The molecule has 0 aliphatic rings. The average Bonchev–Trinajstić information content (AvgIpc) is 2.52. The first-order valence-corrected chi connectivity index (χ1v) is 7.01. The number of carbonyl (C=O) groups excluding carboxylic acids is 2. The van der Waals surface area contributed by atoms with Gasteiger partial charge >= 0.3 is 5.97 Å². The number of carbonyl (C=O) groups is 2. The van der Waals surface area contributed by atoms with Crippen molar-refractivity contribution in [3.05, 3.63) is 65.0 Å². The molecule has 1 atom stereocenters. The van der Waals surface area contributed by atoms with Gasteiger partial charge in [0.05, 0.1) is 11.3 Å². The molecule has 2 aromatic carbocycles. The van der Waals surface area contributed by atoms with Crippen LogP contribution in [-0.4, -0.2) is 18.0 Å². The first-order chi connectivity index (χ1) is 11.3. The van der Waals surface area contributed by atoms with Crippen molar-refractivity contribution in [3.63, 3.8) is 0 Å². The Kier molecular flexibility index (Phi) is 5.23. The Hall–Kier alpha value is -2.83. The Labute approximate surface area is 136 Å². The number of esters is 1. The van der Waals surface area contributed by atoms with Crippen LogP contribution in [0.5, 0.6) is 0 Å². The van der Waals surface area contributed by atoms with E-state index in [-0.39, 0.29) is 11.3 Å². The van der Waals surface area contributed by atoms with E-state index in [0.717, 1.165) is 18.2 Å². The van der Waals surface area contributed by atoms with E-state index in [2.05, 4.69) is 5.32 Å². The molecule has 4 nitrogen and oxygen atoms in total. The Morgan fingerprint density at radius 2 is 1.75 bits per heavy atom. The SMILES string of the molecule is Cc1ccc(C(=O)O[C@H](C)C(=O)Nc2ccc(F)cc2F)cc1F. The van der Waals surface area contributed by atoms with E-state index < -0.39 is 35.4 Å². The maximum absolute atomic E-state index is 13.5. The van der Waals surface area contributed by atoms with E-state index in [4.69, 9.17) is 4.74 Å². The molecule has 2 rings (SSSR count). The maximum Gasteiger partial charge on any atom is 0.339 e. The van der Waals surface area contributed by atoms with Gasteiger partial charge in [-0.15, -0.1) is 0 Å². The van der Waals surface area contributed by atoms with Crippen LogP contribution in [0.2, 0.25) is 0 Å². The van der Waals surface area contributed by atoms with Crippen LogP contribution in [0.1, 0.15) is 22.8 Å². The third-order valence-corrected chi connectivity index (χ3v) is 3.25. The van der Waals surface area contributed by atoms with Crippen LogP contribution < -0.4 is 5.32 Å². The molecule has 0 heterocycles. The van der Waals surface area contributed by atoms with Gasteiger partial charge in [-0.2, -0.15) is 0 Å². The molecule has 0 aliphatic carbocycles. The zero-order valence-electron chi connectivity index (χ0n) is 12.9. The molecule has 126 valence electrons. The van der Waals surface area contributed by atoms with E-state index >= 15 is 0 Å². The molecule has 0 unspecified atom stereocenters. The van der Waals surface area contributed by atoms with E-state index in [1.165, 1.54) is 26.0 Å². The quantitative estimate of drug-likeness (QED) is 0.868. The molecular weight excluding hydrogens is 323 g/mol. The molecule has 0 saturated carbocycles. The van der Waals surface area contributed by atoms with E-state index in [1.54, 1.807) is 0 Å². The second-order valence-corrected chi connectivity index (χ2v) is 5.12. The molecule has 0 aromatic heterocycles.